The Labute approximate surface area is 193 Å². The number of fused-ring (bicyclic) bond motifs is 1. The Hall–Kier alpha value is -2.81. The van der Waals surface area contributed by atoms with E-state index in [4.69, 9.17) is 10.5 Å². The Morgan fingerprint density at radius 1 is 1.15 bits per heavy atom. The first-order valence-electron chi connectivity index (χ1n) is 11.8. The van der Waals surface area contributed by atoms with E-state index in [2.05, 4.69) is 25.6 Å². The first kappa shape index (κ1) is 23.4. The van der Waals surface area contributed by atoms with E-state index in [1.54, 1.807) is 20.1 Å². The van der Waals surface area contributed by atoms with E-state index in [9.17, 15) is 9.18 Å². The highest BCUT2D eigenvalue weighted by Crippen LogP contribution is 2.28. The van der Waals surface area contributed by atoms with Crippen molar-refractivity contribution in [3.05, 3.63) is 29.8 Å². The number of carbonyl (C=O) groups is 1. The van der Waals surface area contributed by atoms with Crippen LogP contribution in [0.25, 0.3) is 10.9 Å². The minimum Gasteiger partial charge on any atom is -0.388 e. The number of amides is 1. The smallest absolute Gasteiger partial charge is 0.289 e. The molecular weight excluding hydrogens is 423 g/mol. The van der Waals surface area contributed by atoms with Gasteiger partial charge in [-0.1, -0.05) is 12.8 Å². The number of carbonyl (C=O) groups excluding carboxylic acids is 1. The molecule has 1 aromatic heterocycles. The van der Waals surface area contributed by atoms with Gasteiger partial charge in [0.05, 0.1) is 23.5 Å². The zero-order valence-corrected chi connectivity index (χ0v) is 19.3. The van der Waals surface area contributed by atoms with E-state index >= 15 is 0 Å². The second kappa shape index (κ2) is 10.4. The van der Waals surface area contributed by atoms with Crippen molar-refractivity contribution < 1.29 is 13.9 Å². The van der Waals surface area contributed by atoms with Gasteiger partial charge in [0.15, 0.2) is 0 Å². The number of aliphatic imine (C=N–C) groups is 1. The number of benzene rings is 1. The molecule has 8 nitrogen and oxygen atoms in total. The van der Waals surface area contributed by atoms with Crippen molar-refractivity contribution >= 4 is 28.5 Å². The van der Waals surface area contributed by atoms with Crippen molar-refractivity contribution in [1.29, 1.82) is 0 Å². The van der Waals surface area contributed by atoms with Crippen LogP contribution in [0.1, 0.15) is 68.9 Å². The van der Waals surface area contributed by atoms with Crippen LogP contribution in [0.3, 0.4) is 0 Å². The van der Waals surface area contributed by atoms with Crippen molar-refractivity contribution in [1.82, 2.24) is 15.3 Å². The van der Waals surface area contributed by atoms with Crippen molar-refractivity contribution in [2.75, 3.05) is 12.4 Å². The van der Waals surface area contributed by atoms with Crippen molar-refractivity contribution in [2.45, 2.75) is 82.5 Å². The van der Waals surface area contributed by atoms with Crippen LogP contribution in [0.4, 0.5) is 10.2 Å². The Kier molecular flexibility index (Phi) is 7.37. The number of rotatable bonds is 6. The van der Waals surface area contributed by atoms with E-state index in [-0.39, 0.29) is 41.8 Å². The normalized spacial score (nSPS) is 26.2. The number of hydrogen-bond donors (Lipinski definition) is 3. The number of ether oxygens (including phenoxy) is 1. The van der Waals surface area contributed by atoms with Gasteiger partial charge in [0.1, 0.15) is 11.6 Å². The third-order valence-corrected chi connectivity index (χ3v) is 6.62. The number of halogens is 1. The molecule has 0 aliphatic heterocycles. The van der Waals surface area contributed by atoms with Crippen LogP contribution >= 0.6 is 0 Å². The molecule has 2 saturated carbocycles. The second-order valence-electron chi connectivity index (χ2n) is 9.11. The SMILES string of the molecule is COC1CCC(NC(=O)c2nc(N[C@H]3CCCC[C@H]3N=C(C)N)c3cc(F)ccc3n2)CC1. The zero-order chi connectivity index (χ0) is 23.4. The standard InChI is InChI=1S/C24H33FN6O2/c1-14(26)27-20-5-3-4-6-21(20)30-22-18-13-15(25)7-12-19(18)29-23(31-22)24(32)28-16-8-10-17(33-2)11-9-16/h7,12-13,16-17,20-21H,3-6,8-11H2,1-2H3,(H2,26,27)(H,28,32)(H,29,30,31)/t16?,17?,20-,21+/m1/s1. The lowest BCUT2D eigenvalue weighted by atomic mass is 9.90. The van der Waals surface area contributed by atoms with Gasteiger partial charge in [-0.2, -0.15) is 0 Å². The Balaban J connectivity index is 1.59. The molecule has 2 aliphatic rings. The molecule has 0 spiro atoms. The van der Waals surface area contributed by atoms with Gasteiger partial charge in [0.2, 0.25) is 5.82 Å². The Morgan fingerprint density at radius 2 is 1.91 bits per heavy atom. The molecule has 0 bridgehead atoms. The second-order valence-corrected chi connectivity index (χ2v) is 9.11. The number of aromatic nitrogens is 2. The fourth-order valence-corrected chi connectivity index (χ4v) is 4.88. The number of anilines is 1. The minimum absolute atomic E-state index is 0.00106. The molecule has 2 aromatic rings. The van der Waals surface area contributed by atoms with Crippen molar-refractivity contribution in [3.8, 4) is 0 Å². The van der Waals surface area contributed by atoms with Crippen LogP contribution in [-0.4, -0.2) is 53.1 Å². The third kappa shape index (κ3) is 5.76. The summed E-state index contributed by atoms with van der Waals surface area (Å²) in [5.41, 5.74) is 6.37. The van der Waals surface area contributed by atoms with Gasteiger partial charge in [-0.05, 0) is 63.6 Å². The summed E-state index contributed by atoms with van der Waals surface area (Å²) in [5, 5.41) is 7.05. The Bertz CT molecular complexity index is 1020. The molecule has 2 aliphatic carbocycles. The zero-order valence-electron chi connectivity index (χ0n) is 19.3. The molecule has 0 unspecified atom stereocenters. The van der Waals surface area contributed by atoms with Crippen LogP contribution in [0.5, 0.6) is 0 Å². The number of nitrogens with one attached hydrogen (secondary N) is 2. The molecule has 1 heterocycles. The minimum atomic E-state index is -0.378. The first-order valence-corrected chi connectivity index (χ1v) is 11.8. The summed E-state index contributed by atoms with van der Waals surface area (Å²) in [7, 11) is 1.72. The van der Waals surface area contributed by atoms with Gasteiger partial charge in [-0.3, -0.25) is 9.79 Å². The topological polar surface area (TPSA) is 115 Å². The molecule has 2 fully saturated rings. The summed E-state index contributed by atoms with van der Waals surface area (Å²) in [4.78, 5) is 26.6. The molecule has 0 radical (unpaired) electrons. The number of hydrogen-bond acceptors (Lipinski definition) is 6. The predicted octanol–water partition coefficient (Wildman–Crippen LogP) is 3.56. The molecule has 178 valence electrons. The highest BCUT2D eigenvalue weighted by Gasteiger charge is 2.27. The van der Waals surface area contributed by atoms with Crippen LogP contribution in [0.15, 0.2) is 23.2 Å². The summed E-state index contributed by atoms with van der Waals surface area (Å²) in [6, 6.07) is 4.41. The number of methoxy groups -OCH3 is 1. The quantitative estimate of drug-likeness (QED) is 0.452. The molecule has 1 aromatic carbocycles. The van der Waals surface area contributed by atoms with E-state index in [1.165, 1.54) is 12.1 Å². The predicted molar refractivity (Wildman–Crippen MR) is 127 cm³/mol. The highest BCUT2D eigenvalue weighted by molar-refractivity contribution is 5.96. The Morgan fingerprint density at radius 3 is 2.64 bits per heavy atom. The van der Waals surface area contributed by atoms with E-state index in [0.717, 1.165) is 51.4 Å². The summed E-state index contributed by atoms with van der Waals surface area (Å²) < 4.78 is 19.5. The van der Waals surface area contributed by atoms with Crippen LogP contribution in [0, 0.1) is 5.82 Å². The van der Waals surface area contributed by atoms with Crippen LogP contribution in [-0.2, 0) is 4.74 Å². The molecular formula is C24H33FN6O2. The lowest BCUT2D eigenvalue weighted by Gasteiger charge is -2.30. The van der Waals surface area contributed by atoms with Gasteiger partial charge >= 0.3 is 0 Å². The molecule has 2 atom stereocenters. The third-order valence-electron chi connectivity index (χ3n) is 6.62. The molecule has 9 heteroatoms. The van der Waals surface area contributed by atoms with Crippen LogP contribution < -0.4 is 16.4 Å². The van der Waals surface area contributed by atoms with Crippen LogP contribution in [0.2, 0.25) is 0 Å². The monoisotopic (exact) mass is 456 g/mol. The van der Waals surface area contributed by atoms with Crippen molar-refractivity contribution in [3.63, 3.8) is 0 Å². The van der Waals surface area contributed by atoms with E-state index in [0.29, 0.717) is 22.6 Å². The van der Waals surface area contributed by atoms with Gasteiger partial charge in [-0.25, -0.2) is 14.4 Å². The number of amidine groups is 1. The highest BCUT2D eigenvalue weighted by atomic mass is 19.1. The number of nitrogens with two attached hydrogens (primary N) is 1. The summed E-state index contributed by atoms with van der Waals surface area (Å²) in [6.07, 6.45) is 7.74. The average Bonchev–Trinajstić information content (AvgIpc) is 2.80. The lowest BCUT2D eigenvalue weighted by Crippen LogP contribution is -2.40. The molecule has 4 N–H and O–H groups in total. The van der Waals surface area contributed by atoms with Gasteiger partial charge in [0, 0.05) is 24.6 Å². The lowest BCUT2D eigenvalue weighted by molar-refractivity contribution is 0.0597. The maximum Gasteiger partial charge on any atom is 0.289 e. The van der Waals surface area contributed by atoms with Gasteiger partial charge in [0.25, 0.3) is 5.91 Å². The molecule has 33 heavy (non-hydrogen) atoms. The summed E-state index contributed by atoms with van der Waals surface area (Å²) >= 11 is 0. The molecule has 0 saturated heterocycles. The summed E-state index contributed by atoms with van der Waals surface area (Å²) in [5.74, 6) is 0.375. The van der Waals surface area contributed by atoms with Gasteiger partial charge < -0.3 is 21.1 Å². The largest absolute Gasteiger partial charge is 0.388 e. The van der Waals surface area contributed by atoms with E-state index < -0.39 is 0 Å². The average molecular weight is 457 g/mol. The summed E-state index contributed by atoms with van der Waals surface area (Å²) in [6.45, 7) is 1.78. The van der Waals surface area contributed by atoms with Gasteiger partial charge in [-0.15, -0.1) is 0 Å². The maximum atomic E-state index is 14.1. The van der Waals surface area contributed by atoms with Crippen molar-refractivity contribution in [2.24, 2.45) is 10.7 Å². The first-order chi connectivity index (χ1) is 15.9. The fraction of sp³-hybridized carbons (Fsp3) is 0.583. The van der Waals surface area contributed by atoms with E-state index in [1.807, 2.05) is 0 Å². The fourth-order valence-electron chi connectivity index (χ4n) is 4.88. The maximum absolute atomic E-state index is 14.1. The molecule has 1 amide bonds. The number of nitrogens with zero attached hydrogens (tertiary/aromatic N) is 3. The molecule has 4 rings (SSSR count).